The number of para-hydroxylation sites is 1. The summed E-state index contributed by atoms with van der Waals surface area (Å²) >= 11 is 1.84. The summed E-state index contributed by atoms with van der Waals surface area (Å²) in [6.07, 6.45) is 5.65. The number of rotatable bonds is 0. The highest BCUT2D eigenvalue weighted by atomic mass is 32.1. The van der Waals surface area contributed by atoms with Crippen LogP contribution in [0.25, 0.3) is 42.0 Å². The van der Waals surface area contributed by atoms with Crippen LogP contribution in [0.3, 0.4) is 0 Å². The maximum absolute atomic E-state index is 5.65. The molecule has 0 atom stereocenters. The first-order chi connectivity index (χ1) is 10.9. The van der Waals surface area contributed by atoms with Crippen molar-refractivity contribution in [3.8, 4) is 12.3 Å². The summed E-state index contributed by atoms with van der Waals surface area (Å²) in [4.78, 5) is 3.51. The van der Waals surface area contributed by atoms with Crippen LogP contribution in [-0.2, 0) is 0 Å². The van der Waals surface area contributed by atoms with E-state index in [0.717, 1.165) is 16.6 Å². The van der Waals surface area contributed by atoms with Gasteiger partial charge in [0.1, 0.15) is 0 Å². The predicted molar refractivity (Wildman–Crippen MR) is 96.6 cm³/mol. The van der Waals surface area contributed by atoms with E-state index in [2.05, 4.69) is 53.4 Å². The Labute approximate surface area is 131 Å². The molecule has 1 N–H and O–H groups in total. The predicted octanol–water partition coefficient (Wildman–Crippen LogP) is 5.67. The van der Waals surface area contributed by atoms with Gasteiger partial charge in [0.25, 0.3) is 0 Å². The van der Waals surface area contributed by atoms with E-state index in [1.54, 1.807) is 0 Å². The second-order valence-corrected chi connectivity index (χ2v) is 6.54. The molecule has 0 bridgehead atoms. The Morgan fingerprint density at radius 3 is 2.59 bits per heavy atom. The first-order valence-electron chi connectivity index (χ1n) is 7.18. The van der Waals surface area contributed by atoms with E-state index < -0.39 is 0 Å². The smallest absolute Gasteiger partial charge is 0.0624 e. The van der Waals surface area contributed by atoms with Crippen molar-refractivity contribution in [2.45, 2.75) is 0 Å². The molecule has 2 heteroatoms. The van der Waals surface area contributed by atoms with Gasteiger partial charge in [0.05, 0.1) is 5.52 Å². The Kier molecular flexibility index (Phi) is 2.22. The second kappa shape index (κ2) is 4.13. The first-order valence-corrected chi connectivity index (χ1v) is 8.00. The number of aromatic nitrogens is 1. The summed E-state index contributed by atoms with van der Waals surface area (Å²) in [5.74, 6) is 2.78. The van der Waals surface area contributed by atoms with Crippen molar-refractivity contribution in [1.82, 2.24) is 4.98 Å². The van der Waals surface area contributed by atoms with E-state index in [1.807, 2.05) is 23.5 Å². The zero-order valence-electron chi connectivity index (χ0n) is 11.7. The van der Waals surface area contributed by atoms with E-state index in [-0.39, 0.29) is 0 Å². The van der Waals surface area contributed by atoms with Crippen molar-refractivity contribution in [2.24, 2.45) is 0 Å². The van der Waals surface area contributed by atoms with Gasteiger partial charge in [0.2, 0.25) is 0 Å². The molecule has 3 aromatic carbocycles. The van der Waals surface area contributed by atoms with Crippen LogP contribution in [0.1, 0.15) is 5.56 Å². The monoisotopic (exact) mass is 297 g/mol. The lowest BCUT2D eigenvalue weighted by Gasteiger charge is -1.97. The van der Waals surface area contributed by atoms with Crippen LogP contribution in [0.15, 0.2) is 54.6 Å². The molecule has 102 valence electrons. The van der Waals surface area contributed by atoms with E-state index >= 15 is 0 Å². The van der Waals surface area contributed by atoms with Crippen molar-refractivity contribution in [2.75, 3.05) is 0 Å². The minimum absolute atomic E-state index is 0.918. The number of thiophene rings is 1. The average molecular weight is 297 g/mol. The fraction of sp³-hybridized carbons (Fsp3) is 0. The molecule has 0 aliphatic carbocycles. The molecule has 5 aromatic rings. The van der Waals surface area contributed by atoms with Crippen LogP contribution in [0.5, 0.6) is 0 Å². The average Bonchev–Trinajstić information content (AvgIpc) is 3.11. The van der Waals surface area contributed by atoms with Crippen molar-refractivity contribution in [1.29, 1.82) is 0 Å². The Balaban J connectivity index is 2.15. The second-order valence-electron chi connectivity index (χ2n) is 5.46. The Morgan fingerprint density at radius 1 is 0.818 bits per heavy atom. The highest BCUT2D eigenvalue weighted by molar-refractivity contribution is 7.26. The van der Waals surface area contributed by atoms with Crippen LogP contribution < -0.4 is 0 Å². The maximum Gasteiger partial charge on any atom is 0.0624 e. The molecular formula is C20H11NS. The standard InChI is InChI=1S/C20H11NS/c1-2-12-6-5-8-14-18-15(21-20(12)14)10-11-17-19(18)13-7-3-4-9-16(13)22-17/h1,3-11,21H. The van der Waals surface area contributed by atoms with Crippen molar-refractivity contribution in [3.05, 3.63) is 60.2 Å². The molecule has 0 aliphatic heterocycles. The van der Waals surface area contributed by atoms with E-state index in [1.165, 1.54) is 30.9 Å². The quantitative estimate of drug-likeness (QED) is 0.354. The molecule has 0 saturated heterocycles. The first kappa shape index (κ1) is 11.9. The number of nitrogens with one attached hydrogen (secondary N) is 1. The maximum atomic E-state index is 5.65. The van der Waals surface area contributed by atoms with Crippen molar-refractivity contribution >= 4 is 53.3 Å². The molecule has 0 amide bonds. The fourth-order valence-electron chi connectivity index (χ4n) is 3.35. The highest BCUT2D eigenvalue weighted by Crippen LogP contribution is 2.41. The molecule has 0 radical (unpaired) electrons. The summed E-state index contributed by atoms with van der Waals surface area (Å²) in [6, 6.07) is 19.1. The summed E-state index contributed by atoms with van der Waals surface area (Å²) in [5, 5.41) is 5.14. The topological polar surface area (TPSA) is 15.8 Å². The number of hydrogen-bond donors (Lipinski definition) is 1. The van der Waals surface area contributed by atoms with Gasteiger partial charge in [-0.2, -0.15) is 0 Å². The van der Waals surface area contributed by atoms with E-state index in [9.17, 15) is 0 Å². The van der Waals surface area contributed by atoms with Crippen molar-refractivity contribution < 1.29 is 0 Å². The van der Waals surface area contributed by atoms with Crippen LogP contribution in [-0.4, -0.2) is 4.98 Å². The van der Waals surface area contributed by atoms with Crippen LogP contribution >= 0.6 is 11.3 Å². The highest BCUT2D eigenvalue weighted by Gasteiger charge is 2.13. The van der Waals surface area contributed by atoms with Crippen LogP contribution in [0.4, 0.5) is 0 Å². The zero-order valence-corrected chi connectivity index (χ0v) is 12.5. The van der Waals surface area contributed by atoms with Gasteiger partial charge in [-0.25, -0.2) is 0 Å². The minimum atomic E-state index is 0.918. The molecule has 2 aromatic heterocycles. The lowest BCUT2D eigenvalue weighted by Crippen LogP contribution is -1.75. The minimum Gasteiger partial charge on any atom is -0.353 e. The Hall–Kier alpha value is -2.76. The number of terminal acetylenes is 1. The largest absolute Gasteiger partial charge is 0.353 e. The molecular weight excluding hydrogens is 286 g/mol. The van der Waals surface area contributed by atoms with Gasteiger partial charge in [-0.15, -0.1) is 17.8 Å². The molecule has 1 nitrogen and oxygen atoms in total. The number of aromatic amines is 1. The molecule has 0 fully saturated rings. The SMILES string of the molecule is C#Cc1cccc2c1[nH]c1ccc3sc4ccccc4c3c12. The lowest BCUT2D eigenvalue weighted by atomic mass is 10.0. The normalized spacial score (nSPS) is 11.6. The summed E-state index contributed by atoms with van der Waals surface area (Å²) < 4.78 is 2.65. The summed E-state index contributed by atoms with van der Waals surface area (Å²) in [5.41, 5.74) is 3.12. The molecule has 0 saturated carbocycles. The summed E-state index contributed by atoms with van der Waals surface area (Å²) in [7, 11) is 0. The van der Waals surface area contributed by atoms with Crippen LogP contribution in [0.2, 0.25) is 0 Å². The number of H-pyrrole nitrogens is 1. The molecule has 22 heavy (non-hydrogen) atoms. The number of hydrogen-bond acceptors (Lipinski definition) is 1. The van der Waals surface area contributed by atoms with Gasteiger partial charge in [0.15, 0.2) is 0 Å². The van der Waals surface area contributed by atoms with Crippen LogP contribution in [0, 0.1) is 12.3 Å². The molecule has 0 aliphatic rings. The summed E-state index contributed by atoms with van der Waals surface area (Å²) in [6.45, 7) is 0. The van der Waals surface area contributed by atoms with Gasteiger partial charge < -0.3 is 4.98 Å². The van der Waals surface area contributed by atoms with E-state index in [4.69, 9.17) is 6.42 Å². The van der Waals surface area contributed by atoms with Gasteiger partial charge >= 0.3 is 0 Å². The van der Waals surface area contributed by atoms with Gasteiger partial charge in [-0.05, 0) is 24.3 Å². The van der Waals surface area contributed by atoms with E-state index in [0.29, 0.717) is 0 Å². The van der Waals surface area contributed by atoms with Gasteiger partial charge in [-0.3, -0.25) is 0 Å². The third kappa shape index (κ3) is 1.39. The van der Waals surface area contributed by atoms with Gasteiger partial charge in [0, 0.05) is 42.0 Å². The third-order valence-electron chi connectivity index (χ3n) is 4.29. The number of fused-ring (bicyclic) bond motifs is 7. The van der Waals surface area contributed by atoms with Gasteiger partial charge in [-0.1, -0.05) is 36.3 Å². The zero-order chi connectivity index (χ0) is 14.7. The molecule has 0 unspecified atom stereocenters. The molecule has 2 heterocycles. The molecule has 5 rings (SSSR count). The lowest BCUT2D eigenvalue weighted by molar-refractivity contribution is 1.53. The Bertz CT molecular complexity index is 1230. The van der Waals surface area contributed by atoms with Crippen molar-refractivity contribution in [3.63, 3.8) is 0 Å². The Morgan fingerprint density at radius 2 is 1.68 bits per heavy atom. The molecule has 0 spiro atoms. The third-order valence-corrected chi connectivity index (χ3v) is 5.43. The number of benzene rings is 3. The fourth-order valence-corrected chi connectivity index (χ4v) is 4.46.